The zero-order valence-corrected chi connectivity index (χ0v) is 8.43. The summed E-state index contributed by atoms with van der Waals surface area (Å²) in [6.45, 7) is 2.85. The van der Waals surface area contributed by atoms with E-state index in [1.165, 1.54) is 38.5 Å². The predicted octanol–water partition coefficient (Wildman–Crippen LogP) is 1.93. The number of nitrogens with two attached hydrogens (primary N) is 1. The van der Waals surface area contributed by atoms with Gasteiger partial charge in [0.15, 0.2) is 0 Å². The molecule has 2 nitrogen and oxygen atoms in total. The summed E-state index contributed by atoms with van der Waals surface area (Å²) in [4.78, 5) is 0. The van der Waals surface area contributed by atoms with Gasteiger partial charge in [0.2, 0.25) is 0 Å². The van der Waals surface area contributed by atoms with E-state index in [4.69, 9.17) is 10.5 Å². The van der Waals surface area contributed by atoms with Gasteiger partial charge in [-0.05, 0) is 50.0 Å². The maximum Gasteiger partial charge on any atom is 0.0525 e. The van der Waals surface area contributed by atoms with Crippen LogP contribution in [0.1, 0.15) is 38.5 Å². The van der Waals surface area contributed by atoms with Gasteiger partial charge >= 0.3 is 0 Å². The fraction of sp³-hybridized carbons (Fsp3) is 1.00. The highest BCUT2D eigenvalue weighted by Crippen LogP contribution is 2.49. The van der Waals surface area contributed by atoms with Crippen LogP contribution in [0, 0.1) is 11.3 Å². The van der Waals surface area contributed by atoms with Crippen molar-refractivity contribution in [1.82, 2.24) is 0 Å². The Hall–Kier alpha value is -0.0800. The zero-order chi connectivity index (χ0) is 9.15. The lowest BCUT2D eigenvalue weighted by molar-refractivity contribution is -0.0307. The van der Waals surface area contributed by atoms with Crippen LogP contribution in [0.2, 0.25) is 0 Å². The molecule has 2 rings (SSSR count). The van der Waals surface area contributed by atoms with Gasteiger partial charge in [-0.2, -0.15) is 0 Å². The summed E-state index contributed by atoms with van der Waals surface area (Å²) in [6.07, 6.45) is 8.04. The molecule has 0 amide bonds. The molecule has 1 aliphatic heterocycles. The normalized spacial score (nSPS) is 39.9. The highest BCUT2D eigenvalue weighted by molar-refractivity contribution is 4.93. The quantitative estimate of drug-likeness (QED) is 0.710. The average molecular weight is 183 g/mol. The third kappa shape index (κ3) is 1.75. The van der Waals surface area contributed by atoms with Gasteiger partial charge in [0.1, 0.15) is 0 Å². The summed E-state index contributed by atoms with van der Waals surface area (Å²) < 4.78 is 5.64. The van der Waals surface area contributed by atoms with E-state index in [2.05, 4.69) is 0 Å². The smallest absolute Gasteiger partial charge is 0.0525 e. The highest BCUT2D eigenvalue weighted by Gasteiger charge is 2.43. The van der Waals surface area contributed by atoms with Gasteiger partial charge in [-0.15, -0.1) is 0 Å². The van der Waals surface area contributed by atoms with Gasteiger partial charge in [0, 0.05) is 6.61 Å². The third-order valence-corrected chi connectivity index (χ3v) is 3.96. The van der Waals surface area contributed by atoms with Crippen LogP contribution in [0.25, 0.3) is 0 Å². The molecule has 1 saturated carbocycles. The second-order valence-corrected chi connectivity index (χ2v) is 4.69. The van der Waals surface area contributed by atoms with Crippen molar-refractivity contribution in [3.8, 4) is 0 Å². The molecule has 2 N–H and O–H groups in total. The van der Waals surface area contributed by atoms with Gasteiger partial charge in [0.05, 0.1) is 6.61 Å². The molecule has 2 unspecified atom stereocenters. The molecule has 0 bridgehead atoms. The number of hydrogen-bond acceptors (Lipinski definition) is 2. The van der Waals surface area contributed by atoms with E-state index in [0.717, 1.165) is 25.7 Å². The predicted molar refractivity (Wildman–Crippen MR) is 53.5 cm³/mol. The van der Waals surface area contributed by atoms with Gasteiger partial charge in [-0.25, -0.2) is 0 Å². The fourth-order valence-electron chi connectivity index (χ4n) is 3.26. The molecule has 0 aromatic rings. The van der Waals surface area contributed by atoms with E-state index in [-0.39, 0.29) is 0 Å². The minimum absolute atomic E-state index is 0.539. The Morgan fingerprint density at radius 1 is 1.31 bits per heavy atom. The molecule has 76 valence electrons. The zero-order valence-electron chi connectivity index (χ0n) is 8.43. The maximum atomic E-state index is 5.66. The van der Waals surface area contributed by atoms with E-state index in [1.54, 1.807) is 0 Å². The molecular formula is C11H21NO. The van der Waals surface area contributed by atoms with E-state index in [9.17, 15) is 0 Å². The highest BCUT2D eigenvalue weighted by atomic mass is 16.5. The molecule has 2 atom stereocenters. The second kappa shape index (κ2) is 3.97. The number of hydrogen-bond donors (Lipinski definition) is 1. The lowest BCUT2D eigenvalue weighted by atomic mass is 9.72. The van der Waals surface area contributed by atoms with Crippen LogP contribution in [-0.4, -0.2) is 19.8 Å². The Kier molecular flexibility index (Phi) is 2.89. The Morgan fingerprint density at radius 3 is 2.85 bits per heavy atom. The van der Waals surface area contributed by atoms with Gasteiger partial charge < -0.3 is 10.5 Å². The van der Waals surface area contributed by atoms with Crippen molar-refractivity contribution in [2.45, 2.75) is 38.5 Å². The van der Waals surface area contributed by atoms with E-state index in [0.29, 0.717) is 5.41 Å². The van der Waals surface area contributed by atoms with Gasteiger partial charge in [0.25, 0.3) is 0 Å². The summed E-state index contributed by atoms with van der Waals surface area (Å²) in [6, 6.07) is 0. The minimum atomic E-state index is 0.539. The largest absolute Gasteiger partial charge is 0.381 e. The van der Waals surface area contributed by atoms with Crippen molar-refractivity contribution in [2.75, 3.05) is 19.8 Å². The van der Waals surface area contributed by atoms with Crippen LogP contribution in [-0.2, 0) is 4.74 Å². The third-order valence-electron chi connectivity index (χ3n) is 3.96. The van der Waals surface area contributed by atoms with Crippen molar-refractivity contribution in [2.24, 2.45) is 17.1 Å². The van der Waals surface area contributed by atoms with Gasteiger partial charge in [-0.1, -0.05) is 6.42 Å². The second-order valence-electron chi connectivity index (χ2n) is 4.69. The first-order valence-electron chi connectivity index (χ1n) is 5.65. The van der Waals surface area contributed by atoms with Crippen molar-refractivity contribution in [3.63, 3.8) is 0 Å². The molecule has 1 aliphatic carbocycles. The molecule has 1 saturated heterocycles. The van der Waals surface area contributed by atoms with Crippen LogP contribution in [0.4, 0.5) is 0 Å². The topological polar surface area (TPSA) is 35.2 Å². The van der Waals surface area contributed by atoms with E-state index >= 15 is 0 Å². The number of rotatable bonds is 2. The lowest BCUT2D eigenvalue weighted by Gasteiger charge is -2.38. The molecule has 1 heterocycles. The first-order valence-corrected chi connectivity index (χ1v) is 5.65. The standard InChI is InChI=1S/C11H21NO/c12-7-4-10-3-1-5-11(10)6-2-8-13-9-11/h10H,1-9,12H2. The molecule has 2 fully saturated rings. The minimum Gasteiger partial charge on any atom is -0.381 e. The van der Waals surface area contributed by atoms with Crippen LogP contribution in [0.15, 0.2) is 0 Å². The average Bonchev–Trinajstić information content (AvgIpc) is 2.52. The van der Waals surface area contributed by atoms with E-state index < -0.39 is 0 Å². The first-order chi connectivity index (χ1) is 6.37. The molecular weight excluding hydrogens is 162 g/mol. The SMILES string of the molecule is NCCC1CCCC12CCCOC2. The van der Waals surface area contributed by atoms with Crippen molar-refractivity contribution in [3.05, 3.63) is 0 Å². The summed E-state index contributed by atoms with van der Waals surface area (Å²) in [5.41, 5.74) is 6.20. The Labute approximate surface area is 80.8 Å². The van der Waals surface area contributed by atoms with Crippen LogP contribution < -0.4 is 5.73 Å². The summed E-state index contributed by atoms with van der Waals surface area (Å²) in [5.74, 6) is 0.859. The first kappa shape index (κ1) is 9.47. The molecule has 1 spiro atoms. The molecule has 2 aliphatic rings. The molecule has 0 aromatic heterocycles. The maximum absolute atomic E-state index is 5.66. The fourth-order valence-corrected chi connectivity index (χ4v) is 3.26. The summed E-state index contributed by atoms with van der Waals surface area (Å²) in [5, 5.41) is 0. The lowest BCUT2D eigenvalue weighted by Crippen LogP contribution is -2.36. The Morgan fingerprint density at radius 2 is 2.15 bits per heavy atom. The monoisotopic (exact) mass is 183 g/mol. The van der Waals surface area contributed by atoms with Gasteiger partial charge in [-0.3, -0.25) is 0 Å². The van der Waals surface area contributed by atoms with Crippen molar-refractivity contribution < 1.29 is 4.74 Å². The summed E-state index contributed by atoms with van der Waals surface area (Å²) in [7, 11) is 0. The summed E-state index contributed by atoms with van der Waals surface area (Å²) >= 11 is 0. The number of ether oxygens (including phenoxy) is 1. The van der Waals surface area contributed by atoms with Crippen molar-refractivity contribution >= 4 is 0 Å². The molecule has 0 radical (unpaired) electrons. The van der Waals surface area contributed by atoms with Crippen molar-refractivity contribution in [1.29, 1.82) is 0 Å². The van der Waals surface area contributed by atoms with E-state index in [1.807, 2.05) is 0 Å². The Balaban J connectivity index is 2.00. The Bertz CT molecular complexity index is 163. The molecule has 2 heteroatoms. The molecule has 0 aromatic carbocycles. The van der Waals surface area contributed by atoms with Crippen LogP contribution >= 0.6 is 0 Å². The molecule has 13 heavy (non-hydrogen) atoms. The van der Waals surface area contributed by atoms with Crippen LogP contribution in [0.5, 0.6) is 0 Å². The van der Waals surface area contributed by atoms with Crippen LogP contribution in [0.3, 0.4) is 0 Å².